The fraction of sp³-hybridized carbons (Fsp3) is 0.292. The van der Waals surface area contributed by atoms with E-state index in [0.717, 1.165) is 29.0 Å². The molecule has 1 aromatic heterocycles. The maximum atomic E-state index is 13.0. The summed E-state index contributed by atoms with van der Waals surface area (Å²) in [6.07, 6.45) is 2.15. The molecule has 5 nitrogen and oxygen atoms in total. The average Bonchev–Trinajstić information content (AvgIpc) is 3.10. The van der Waals surface area contributed by atoms with Crippen LogP contribution in [0.2, 0.25) is 0 Å². The lowest BCUT2D eigenvalue weighted by Crippen LogP contribution is -2.19. The number of benzene rings is 2. The van der Waals surface area contributed by atoms with Crippen molar-refractivity contribution in [1.29, 1.82) is 0 Å². The van der Waals surface area contributed by atoms with E-state index in [4.69, 9.17) is 25.6 Å². The second-order valence-electron chi connectivity index (χ2n) is 7.55. The van der Waals surface area contributed by atoms with Crippen LogP contribution >= 0.6 is 6.72 Å². The molecule has 0 spiro atoms. The minimum atomic E-state index is -3.70. The van der Waals surface area contributed by atoms with Gasteiger partial charge in [-0.15, -0.1) is 0 Å². The highest BCUT2D eigenvalue weighted by Gasteiger charge is 2.29. The number of nitrogens with one attached hydrogen (secondary N) is 1. The summed E-state index contributed by atoms with van der Waals surface area (Å²) in [5, 5.41) is 0. The monoisotopic (exact) mass is 455 g/mol. The van der Waals surface area contributed by atoms with Crippen molar-refractivity contribution in [2.45, 2.75) is 32.3 Å². The number of hydrogen-bond acceptors (Lipinski definition) is 5. The Kier molecular flexibility index (Phi) is 6.85. The van der Waals surface area contributed by atoms with Gasteiger partial charge in [-0.3, -0.25) is 0 Å². The van der Waals surface area contributed by atoms with Gasteiger partial charge in [-0.2, -0.15) is 0 Å². The molecule has 0 amide bonds. The van der Waals surface area contributed by atoms with Crippen molar-refractivity contribution >= 4 is 18.5 Å². The molecule has 0 saturated heterocycles. The van der Waals surface area contributed by atoms with Crippen LogP contribution in [0.15, 0.2) is 66.9 Å². The molecule has 0 aliphatic heterocycles. The summed E-state index contributed by atoms with van der Waals surface area (Å²) < 4.78 is 17.1. The number of aromatic amines is 1. The van der Waals surface area contributed by atoms with Gasteiger partial charge in [-0.05, 0) is 35.6 Å². The summed E-state index contributed by atoms with van der Waals surface area (Å²) in [5.41, 5.74) is 5.39. The van der Waals surface area contributed by atoms with Gasteiger partial charge in [0.25, 0.3) is 0 Å². The third-order valence-corrected chi connectivity index (χ3v) is 6.97. The highest BCUT2D eigenvalue weighted by molar-refractivity contribution is 8.06. The molecular weight excluding hydrogens is 429 g/mol. The van der Waals surface area contributed by atoms with E-state index in [-0.39, 0.29) is 12.5 Å². The molecule has 1 aliphatic rings. The number of hydrogen-bond donors (Lipinski definition) is 0. The third-order valence-electron chi connectivity index (χ3n) is 5.36. The van der Waals surface area contributed by atoms with E-state index in [9.17, 15) is 4.89 Å². The van der Waals surface area contributed by atoms with Gasteiger partial charge in [0, 0.05) is 12.0 Å². The first kappa shape index (κ1) is 22.1. The van der Waals surface area contributed by atoms with Gasteiger partial charge >= 0.3 is 0 Å². The summed E-state index contributed by atoms with van der Waals surface area (Å²) >= 11 is 5.22. The van der Waals surface area contributed by atoms with Gasteiger partial charge in [-0.25, -0.2) is 4.98 Å². The fourth-order valence-electron chi connectivity index (χ4n) is 3.89. The van der Waals surface area contributed by atoms with Crippen molar-refractivity contribution in [1.82, 2.24) is 0 Å². The average molecular weight is 456 g/mol. The fourth-order valence-corrected chi connectivity index (χ4v) is 5.36. The molecule has 4 rings (SSSR count). The lowest BCUT2D eigenvalue weighted by Gasteiger charge is -2.30. The van der Waals surface area contributed by atoms with Crippen LogP contribution in [0.25, 0.3) is 11.1 Å². The van der Waals surface area contributed by atoms with E-state index in [1.807, 2.05) is 43.3 Å². The summed E-state index contributed by atoms with van der Waals surface area (Å²) in [7, 11) is 0. The van der Waals surface area contributed by atoms with Crippen molar-refractivity contribution in [3.05, 3.63) is 83.7 Å². The molecule has 3 aromatic rings. The molecule has 7 heteroatoms. The number of fused-ring (bicyclic) bond motifs is 3. The van der Waals surface area contributed by atoms with Crippen molar-refractivity contribution in [2.24, 2.45) is 0 Å². The largest absolute Gasteiger partial charge is 0.780 e. The molecule has 31 heavy (non-hydrogen) atoms. The molecule has 0 bridgehead atoms. The van der Waals surface area contributed by atoms with Gasteiger partial charge in [0.1, 0.15) is 18.6 Å². The molecule has 0 fully saturated rings. The minimum absolute atomic E-state index is 0.0279. The number of pyridine rings is 1. The van der Waals surface area contributed by atoms with Crippen LogP contribution in [0.1, 0.15) is 49.1 Å². The van der Waals surface area contributed by atoms with Crippen LogP contribution in [-0.2, 0) is 20.9 Å². The van der Waals surface area contributed by atoms with Gasteiger partial charge in [0.15, 0.2) is 6.20 Å². The molecule has 1 unspecified atom stereocenters. The Labute approximate surface area is 188 Å². The molecule has 2 atom stereocenters. The van der Waals surface area contributed by atoms with Crippen LogP contribution < -0.4 is 14.6 Å². The van der Waals surface area contributed by atoms with E-state index >= 15 is 0 Å². The Morgan fingerprint density at radius 1 is 1.06 bits per heavy atom. The zero-order valence-corrected chi connectivity index (χ0v) is 19.3. The summed E-state index contributed by atoms with van der Waals surface area (Å²) in [5.74, 6) is 0.699. The molecule has 0 saturated carbocycles. The first-order valence-electron chi connectivity index (χ1n) is 10.4. The van der Waals surface area contributed by atoms with Crippen molar-refractivity contribution < 1.29 is 23.7 Å². The van der Waals surface area contributed by atoms with E-state index in [1.54, 1.807) is 13.1 Å². The van der Waals surface area contributed by atoms with Crippen LogP contribution in [0.5, 0.6) is 5.75 Å². The second-order valence-corrected chi connectivity index (χ2v) is 10.3. The van der Waals surface area contributed by atoms with Gasteiger partial charge in [-0.1, -0.05) is 67.3 Å². The van der Waals surface area contributed by atoms with Gasteiger partial charge in [0.2, 0.25) is 5.69 Å². The van der Waals surface area contributed by atoms with Crippen LogP contribution in [0, 0.1) is 0 Å². The first-order valence-corrected chi connectivity index (χ1v) is 13.0. The molecule has 2 aromatic carbocycles. The summed E-state index contributed by atoms with van der Waals surface area (Å²) in [6.45, 7) is 0.965. The molecule has 1 aliphatic carbocycles. The summed E-state index contributed by atoms with van der Waals surface area (Å²) in [4.78, 5) is 16.1. The Morgan fingerprint density at radius 3 is 2.35 bits per heavy atom. The normalized spacial score (nSPS) is 15.7. The SMILES string of the molecule is CCCOc1cc[nH+]c([C@H](C)OP([O-])(=S)OCC2c3ccccc3-c3ccccc32)c1. The van der Waals surface area contributed by atoms with Crippen molar-refractivity contribution in [3.63, 3.8) is 0 Å². The Balaban J connectivity index is 1.45. The van der Waals surface area contributed by atoms with Crippen molar-refractivity contribution in [3.8, 4) is 16.9 Å². The minimum Gasteiger partial charge on any atom is -0.780 e. The lowest BCUT2D eigenvalue weighted by atomic mass is 9.98. The molecule has 1 heterocycles. The van der Waals surface area contributed by atoms with E-state index in [1.165, 1.54) is 11.1 Å². The number of rotatable bonds is 9. The molecule has 1 N–H and O–H groups in total. The number of H-pyrrole nitrogens is 1. The molecular formula is C24H26NO4PS. The second kappa shape index (κ2) is 9.60. The number of ether oxygens (including phenoxy) is 1. The van der Waals surface area contributed by atoms with Crippen LogP contribution in [0.3, 0.4) is 0 Å². The Morgan fingerprint density at radius 2 is 1.71 bits per heavy atom. The van der Waals surface area contributed by atoms with E-state index < -0.39 is 12.8 Å². The van der Waals surface area contributed by atoms with Gasteiger partial charge in [0.05, 0.1) is 19.3 Å². The highest BCUT2D eigenvalue weighted by Crippen LogP contribution is 2.49. The molecule has 162 valence electrons. The quantitative estimate of drug-likeness (QED) is 0.435. The zero-order valence-electron chi connectivity index (χ0n) is 17.6. The maximum absolute atomic E-state index is 13.0. The maximum Gasteiger partial charge on any atom is 0.212 e. The predicted octanol–water partition coefficient (Wildman–Crippen LogP) is 4.78. The topological polar surface area (TPSA) is 64.9 Å². The Hall–Kier alpha value is -2.08. The van der Waals surface area contributed by atoms with Crippen molar-refractivity contribution in [2.75, 3.05) is 13.2 Å². The van der Waals surface area contributed by atoms with Crippen LogP contribution in [0.4, 0.5) is 0 Å². The third kappa shape index (κ3) is 5.05. The number of aromatic nitrogens is 1. The van der Waals surface area contributed by atoms with E-state index in [2.05, 4.69) is 29.2 Å². The standard InChI is InChI=1S/C24H26NO4PS/c1-3-14-27-18-12-13-25-24(15-18)17(2)29-30(26,31)28-16-23-21-10-6-4-8-19(21)20-9-5-7-11-22(20)23/h4-13,15,17,23H,3,14,16H2,1-2H3,(H,26,31)/t17-,30?/m0/s1. The Bertz CT molecular complexity index is 1060. The van der Waals surface area contributed by atoms with Gasteiger partial charge < -0.3 is 18.7 Å². The smallest absolute Gasteiger partial charge is 0.212 e. The first-order chi connectivity index (χ1) is 15.0. The zero-order chi connectivity index (χ0) is 21.8. The summed E-state index contributed by atoms with van der Waals surface area (Å²) in [6, 6.07) is 20.1. The predicted molar refractivity (Wildman–Crippen MR) is 122 cm³/mol. The highest BCUT2D eigenvalue weighted by atomic mass is 32.5. The molecule has 0 radical (unpaired) electrons. The van der Waals surface area contributed by atoms with Crippen LogP contribution in [-0.4, -0.2) is 13.2 Å². The lowest BCUT2D eigenvalue weighted by molar-refractivity contribution is -0.399. The van der Waals surface area contributed by atoms with E-state index in [0.29, 0.717) is 6.61 Å².